The van der Waals surface area contributed by atoms with Crippen molar-refractivity contribution in [3.8, 4) is 0 Å². The van der Waals surface area contributed by atoms with Crippen molar-refractivity contribution in [3.63, 3.8) is 0 Å². The number of rotatable bonds is 2. The number of nitrogens with zero attached hydrogens (tertiary/aromatic N) is 1. The second-order valence-corrected chi connectivity index (χ2v) is 6.88. The molecule has 0 aliphatic rings. The van der Waals surface area contributed by atoms with Gasteiger partial charge in [-0.15, -0.1) is 0 Å². The molecule has 0 aliphatic heterocycles. The van der Waals surface area contributed by atoms with Crippen molar-refractivity contribution in [3.05, 3.63) is 59.7 Å². The molecule has 2 rings (SSSR count). The van der Waals surface area contributed by atoms with Gasteiger partial charge in [0.25, 0.3) is 0 Å². The zero-order chi connectivity index (χ0) is 14.0. The lowest BCUT2D eigenvalue weighted by Crippen LogP contribution is -2.11. The first-order chi connectivity index (χ1) is 8.88. The van der Waals surface area contributed by atoms with Gasteiger partial charge in [0.1, 0.15) is 0 Å². The Balaban J connectivity index is 2.25. The van der Waals surface area contributed by atoms with Crippen molar-refractivity contribution < 1.29 is 0 Å². The number of halogens is 1. The van der Waals surface area contributed by atoms with Crippen molar-refractivity contribution in [2.45, 2.75) is 33.1 Å². The first-order valence-corrected chi connectivity index (χ1v) is 7.47. The zero-order valence-corrected chi connectivity index (χ0v) is 14.1. The van der Waals surface area contributed by atoms with Crippen molar-refractivity contribution in [2.75, 3.05) is 3.11 Å². The van der Waals surface area contributed by atoms with Gasteiger partial charge in [-0.25, -0.2) is 0 Å². The number of anilines is 2. The maximum absolute atomic E-state index is 2.35. The molecule has 1 nitrogen and oxygen atoms in total. The van der Waals surface area contributed by atoms with E-state index in [1.807, 2.05) is 0 Å². The summed E-state index contributed by atoms with van der Waals surface area (Å²) in [5, 5.41) is 0. The molecule has 100 valence electrons. The summed E-state index contributed by atoms with van der Waals surface area (Å²) in [5.74, 6) is 0. The fourth-order valence-electron chi connectivity index (χ4n) is 1.92. The van der Waals surface area contributed by atoms with Crippen molar-refractivity contribution in [1.29, 1.82) is 0 Å². The molecule has 0 aliphatic carbocycles. The molecule has 0 aromatic heterocycles. The molecular weight excluding hydrogens is 345 g/mol. The zero-order valence-electron chi connectivity index (χ0n) is 11.9. The van der Waals surface area contributed by atoms with E-state index in [0.717, 1.165) is 0 Å². The van der Waals surface area contributed by atoms with Gasteiger partial charge in [0.15, 0.2) is 0 Å². The molecule has 0 unspecified atom stereocenters. The van der Waals surface area contributed by atoms with Gasteiger partial charge >= 0.3 is 0 Å². The highest BCUT2D eigenvalue weighted by Gasteiger charge is 2.14. The largest absolute Gasteiger partial charge is 0.283 e. The topological polar surface area (TPSA) is 3.24 Å². The van der Waals surface area contributed by atoms with E-state index in [9.17, 15) is 0 Å². The molecule has 0 bridgehead atoms. The molecule has 0 saturated carbocycles. The van der Waals surface area contributed by atoms with E-state index < -0.39 is 0 Å². The summed E-state index contributed by atoms with van der Waals surface area (Å²) in [6.45, 7) is 8.83. The van der Waals surface area contributed by atoms with Crippen LogP contribution in [0.1, 0.15) is 31.9 Å². The predicted octanol–water partition coefficient (Wildman–Crippen LogP) is 5.78. The minimum Gasteiger partial charge on any atom is -0.283 e. The molecule has 0 amide bonds. The summed E-state index contributed by atoms with van der Waals surface area (Å²) in [7, 11) is 0. The Labute approximate surface area is 130 Å². The molecule has 0 fully saturated rings. The average Bonchev–Trinajstić information content (AvgIpc) is 2.38. The Morgan fingerprint density at radius 1 is 0.789 bits per heavy atom. The standard InChI is InChI=1S/C17H20IN/c1-13-5-9-15(10-6-13)19(18)16-11-7-14(8-12-16)17(2,3)4/h5-12H,1-4H3. The van der Waals surface area contributed by atoms with Crippen LogP contribution in [0.3, 0.4) is 0 Å². The summed E-state index contributed by atoms with van der Waals surface area (Å²) >= 11 is 2.35. The molecule has 2 aromatic rings. The predicted molar refractivity (Wildman–Crippen MR) is 92.5 cm³/mol. The monoisotopic (exact) mass is 365 g/mol. The van der Waals surface area contributed by atoms with Crippen LogP contribution in [-0.4, -0.2) is 0 Å². The summed E-state index contributed by atoms with van der Waals surface area (Å²) in [6.07, 6.45) is 0. The molecule has 19 heavy (non-hydrogen) atoms. The molecule has 0 atom stereocenters. The van der Waals surface area contributed by atoms with Crippen LogP contribution in [0.2, 0.25) is 0 Å². The summed E-state index contributed by atoms with van der Waals surface area (Å²) < 4.78 is 2.18. The smallest absolute Gasteiger partial charge is 0.0646 e. The average molecular weight is 365 g/mol. The number of hydrogen-bond donors (Lipinski definition) is 0. The van der Waals surface area contributed by atoms with Crippen molar-refractivity contribution in [1.82, 2.24) is 0 Å². The second-order valence-electron chi connectivity index (χ2n) is 5.91. The van der Waals surface area contributed by atoms with E-state index in [-0.39, 0.29) is 5.41 Å². The Kier molecular flexibility index (Phi) is 4.19. The maximum Gasteiger partial charge on any atom is 0.0646 e. The lowest BCUT2D eigenvalue weighted by atomic mass is 9.87. The third-order valence-electron chi connectivity index (χ3n) is 3.22. The molecule has 0 radical (unpaired) electrons. The summed E-state index contributed by atoms with van der Waals surface area (Å²) in [5.41, 5.74) is 5.27. The SMILES string of the molecule is Cc1ccc(N(I)c2ccc(C(C)(C)C)cc2)cc1. The molecule has 0 saturated heterocycles. The van der Waals surface area contributed by atoms with Crippen LogP contribution >= 0.6 is 22.9 Å². The Morgan fingerprint density at radius 3 is 1.63 bits per heavy atom. The Hall–Kier alpha value is -1.03. The van der Waals surface area contributed by atoms with Crippen LogP contribution in [0.5, 0.6) is 0 Å². The van der Waals surface area contributed by atoms with Crippen LogP contribution in [0, 0.1) is 6.92 Å². The van der Waals surface area contributed by atoms with Crippen LogP contribution < -0.4 is 3.11 Å². The van der Waals surface area contributed by atoms with Crippen molar-refractivity contribution >= 4 is 34.2 Å². The van der Waals surface area contributed by atoms with E-state index in [1.165, 1.54) is 22.5 Å². The van der Waals surface area contributed by atoms with Gasteiger partial charge in [0, 0.05) is 0 Å². The van der Waals surface area contributed by atoms with E-state index >= 15 is 0 Å². The number of benzene rings is 2. The van der Waals surface area contributed by atoms with Gasteiger partial charge in [-0.2, -0.15) is 0 Å². The van der Waals surface area contributed by atoms with E-state index in [2.05, 4.69) is 102 Å². The van der Waals surface area contributed by atoms with Crippen molar-refractivity contribution in [2.24, 2.45) is 0 Å². The molecule has 0 N–H and O–H groups in total. The normalized spacial score (nSPS) is 11.4. The molecule has 2 aromatic carbocycles. The highest BCUT2D eigenvalue weighted by molar-refractivity contribution is 14.1. The van der Waals surface area contributed by atoms with Crippen LogP contribution in [-0.2, 0) is 5.41 Å². The van der Waals surface area contributed by atoms with Gasteiger partial charge in [0.05, 0.1) is 34.2 Å². The third kappa shape index (κ3) is 3.50. The van der Waals surface area contributed by atoms with Crippen LogP contribution in [0.15, 0.2) is 48.5 Å². The Bertz CT molecular complexity index is 535. The Morgan fingerprint density at radius 2 is 1.21 bits per heavy atom. The number of hydrogen-bond acceptors (Lipinski definition) is 1. The fourth-order valence-corrected chi connectivity index (χ4v) is 2.56. The minimum absolute atomic E-state index is 0.207. The fraction of sp³-hybridized carbons (Fsp3) is 0.294. The molecule has 2 heteroatoms. The molecule has 0 spiro atoms. The first-order valence-electron chi connectivity index (χ1n) is 6.51. The third-order valence-corrected chi connectivity index (χ3v) is 4.33. The highest BCUT2D eigenvalue weighted by Crippen LogP contribution is 2.31. The van der Waals surface area contributed by atoms with Crippen LogP contribution in [0.25, 0.3) is 0 Å². The highest BCUT2D eigenvalue weighted by atomic mass is 127. The summed E-state index contributed by atoms with van der Waals surface area (Å²) in [4.78, 5) is 0. The van der Waals surface area contributed by atoms with E-state index in [4.69, 9.17) is 0 Å². The summed E-state index contributed by atoms with van der Waals surface area (Å²) in [6, 6.07) is 17.4. The maximum atomic E-state index is 2.35. The van der Waals surface area contributed by atoms with Crippen LogP contribution in [0.4, 0.5) is 11.4 Å². The van der Waals surface area contributed by atoms with Gasteiger partial charge in [-0.05, 0) is 42.2 Å². The number of aryl methyl sites for hydroxylation is 1. The van der Waals surface area contributed by atoms with E-state index in [0.29, 0.717) is 0 Å². The first kappa shape index (κ1) is 14.4. The van der Waals surface area contributed by atoms with E-state index in [1.54, 1.807) is 0 Å². The minimum atomic E-state index is 0.207. The molecule has 0 heterocycles. The lowest BCUT2D eigenvalue weighted by molar-refractivity contribution is 0.590. The van der Waals surface area contributed by atoms with Gasteiger partial charge < -0.3 is 0 Å². The molecular formula is C17H20IN. The van der Waals surface area contributed by atoms with Gasteiger partial charge in [-0.3, -0.25) is 3.11 Å². The quantitative estimate of drug-likeness (QED) is 0.482. The van der Waals surface area contributed by atoms with Gasteiger partial charge in [0.2, 0.25) is 0 Å². The van der Waals surface area contributed by atoms with Gasteiger partial charge in [-0.1, -0.05) is 50.6 Å². The second kappa shape index (κ2) is 5.53. The lowest BCUT2D eigenvalue weighted by Gasteiger charge is -2.21.